The first-order valence-electron chi connectivity index (χ1n) is 4.23. The van der Waals surface area contributed by atoms with E-state index in [0.29, 0.717) is 11.4 Å². The van der Waals surface area contributed by atoms with Crippen molar-refractivity contribution in [2.24, 2.45) is 0 Å². The Labute approximate surface area is 86.7 Å². The molecule has 0 saturated carbocycles. The van der Waals surface area contributed by atoms with Crippen molar-refractivity contribution in [3.63, 3.8) is 0 Å². The summed E-state index contributed by atoms with van der Waals surface area (Å²) in [6.45, 7) is 1.80. The Kier molecular flexibility index (Phi) is 3.28. The van der Waals surface area contributed by atoms with Crippen LogP contribution in [-0.4, -0.2) is 24.1 Å². The number of benzene rings is 1. The maximum Gasteiger partial charge on any atom is 0.394 e. The molecule has 0 unspecified atom stereocenters. The van der Waals surface area contributed by atoms with E-state index >= 15 is 0 Å². The molecule has 1 rings (SSSR count). The van der Waals surface area contributed by atoms with Gasteiger partial charge in [-0.1, -0.05) is 0 Å². The summed E-state index contributed by atoms with van der Waals surface area (Å²) in [6.07, 6.45) is 0. The number of carbonyl (C=O) groups is 2. The Balaban J connectivity index is 2.84. The maximum atomic E-state index is 10.8. The molecule has 1 aromatic rings. The van der Waals surface area contributed by atoms with Crippen molar-refractivity contribution in [2.75, 3.05) is 12.4 Å². The van der Waals surface area contributed by atoms with Gasteiger partial charge in [-0.25, -0.2) is 4.79 Å². The molecular weight excluding hydrogens is 198 g/mol. The molecular formula is C10H11NO4. The van der Waals surface area contributed by atoms with Crippen LogP contribution in [0.1, 0.15) is 5.56 Å². The van der Waals surface area contributed by atoms with Crippen LogP contribution in [0.4, 0.5) is 5.69 Å². The summed E-state index contributed by atoms with van der Waals surface area (Å²) in [4.78, 5) is 21.1. The summed E-state index contributed by atoms with van der Waals surface area (Å²) in [5.74, 6) is -1.88. The number of carbonyl (C=O) groups excluding carboxylic acids is 1. The van der Waals surface area contributed by atoms with Gasteiger partial charge in [-0.05, 0) is 30.7 Å². The second kappa shape index (κ2) is 4.45. The molecule has 0 saturated heterocycles. The fourth-order valence-corrected chi connectivity index (χ4v) is 1.14. The van der Waals surface area contributed by atoms with Crippen LogP contribution < -0.4 is 10.1 Å². The van der Waals surface area contributed by atoms with Crippen LogP contribution in [0.3, 0.4) is 0 Å². The van der Waals surface area contributed by atoms with E-state index in [0.717, 1.165) is 5.56 Å². The average Bonchev–Trinajstić information content (AvgIpc) is 2.18. The van der Waals surface area contributed by atoms with E-state index in [9.17, 15) is 9.59 Å². The highest BCUT2D eigenvalue weighted by molar-refractivity contribution is 6.36. The van der Waals surface area contributed by atoms with Gasteiger partial charge in [0.15, 0.2) is 0 Å². The fourth-order valence-electron chi connectivity index (χ4n) is 1.14. The number of ether oxygens (including phenoxy) is 1. The molecule has 2 N–H and O–H groups in total. The monoisotopic (exact) mass is 209 g/mol. The predicted molar refractivity (Wildman–Crippen MR) is 54.0 cm³/mol. The van der Waals surface area contributed by atoms with E-state index in [-0.39, 0.29) is 0 Å². The van der Waals surface area contributed by atoms with Gasteiger partial charge in [-0.2, -0.15) is 0 Å². The minimum Gasteiger partial charge on any atom is -0.496 e. The normalized spacial score (nSPS) is 9.47. The Morgan fingerprint density at radius 1 is 1.40 bits per heavy atom. The van der Waals surface area contributed by atoms with Crippen LogP contribution in [0.2, 0.25) is 0 Å². The average molecular weight is 209 g/mol. The topological polar surface area (TPSA) is 75.6 Å². The standard InChI is InChI=1S/C10H11NO4/c1-6-5-7(3-4-8(6)15-2)11-9(12)10(13)14/h3-5H,1-2H3,(H,11,12)(H,13,14). The second-order valence-corrected chi connectivity index (χ2v) is 2.94. The molecule has 0 aliphatic heterocycles. The van der Waals surface area contributed by atoms with E-state index in [1.807, 2.05) is 0 Å². The van der Waals surface area contributed by atoms with Crippen molar-refractivity contribution in [3.8, 4) is 5.75 Å². The van der Waals surface area contributed by atoms with Crippen molar-refractivity contribution < 1.29 is 19.4 Å². The third-order valence-corrected chi connectivity index (χ3v) is 1.85. The molecule has 1 amide bonds. The van der Waals surface area contributed by atoms with Gasteiger partial charge in [0.25, 0.3) is 0 Å². The van der Waals surface area contributed by atoms with Crippen molar-refractivity contribution in [1.82, 2.24) is 0 Å². The van der Waals surface area contributed by atoms with Crippen molar-refractivity contribution in [2.45, 2.75) is 6.92 Å². The lowest BCUT2D eigenvalue weighted by molar-refractivity contribution is -0.147. The van der Waals surface area contributed by atoms with Gasteiger partial charge in [-0.15, -0.1) is 0 Å². The van der Waals surface area contributed by atoms with Crippen LogP contribution in [0, 0.1) is 6.92 Å². The van der Waals surface area contributed by atoms with E-state index in [1.54, 1.807) is 25.1 Å². The van der Waals surface area contributed by atoms with E-state index in [2.05, 4.69) is 5.32 Å². The van der Waals surface area contributed by atoms with Gasteiger partial charge in [0.1, 0.15) is 5.75 Å². The molecule has 5 nitrogen and oxygen atoms in total. The molecule has 0 spiro atoms. The minimum absolute atomic E-state index is 0.431. The summed E-state index contributed by atoms with van der Waals surface area (Å²) < 4.78 is 5.02. The van der Waals surface area contributed by atoms with Gasteiger partial charge >= 0.3 is 11.9 Å². The van der Waals surface area contributed by atoms with Crippen molar-refractivity contribution >= 4 is 17.6 Å². The Morgan fingerprint density at radius 3 is 2.53 bits per heavy atom. The van der Waals surface area contributed by atoms with Gasteiger partial charge in [-0.3, -0.25) is 4.79 Å². The zero-order chi connectivity index (χ0) is 11.4. The second-order valence-electron chi connectivity index (χ2n) is 2.94. The third-order valence-electron chi connectivity index (χ3n) is 1.85. The largest absolute Gasteiger partial charge is 0.496 e. The number of methoxy groups -OCH3 is 1. The number of carboxylic acid groups (broad SMARTS) is 1. The fraction of sp³-hybridized carbons (Fsp3) is 0.200. The number of aliphatic carboxylic acids is 1. The molecule has 0 aliphatic rings. The Hall–Kier alpha value is -2.04. The van der Waals surface area contributed by atoms with Crippen molar-refractivity contribution in [3.05, 3.63) is 23.8 Å². The molecule has 0 bridgehead atoms. The van der Waals surface area contributed by atoms with Gasteiger partial charge in [0.2, 0.25) is 0 Å². The summed E-state index contributed by atoms with van der Waals surface area (Å²) in [7, 11) is 1.54. The molecule has 15 heavy (non-hydrogen) atoms. The lowest BCUT2D eigenvalue weighted by Crippen LogP contribution is -2.21. The molecule has 0 heterocycles. The first-order valence-corrected chi connectivity index (χ1v) is 4.23. The van der Waals surface area contributed by atoms with Crippen LogP contribution in [-0.2, 0) is 9.59 Å². The Bertz CT molecular complexity index is 400. The Morgan fingerprint density at radius 2 is 2.07 bits per heavy atom. The summed E-state index contributed by atoms with van der Waals surface area (Å²) in [5, 5.41) is 10.6. The van der Waals surface area contributed by atoms with Crippen LogP contribution >= 0.6 is 0 Å². The smallest absolute Gasteiger partial charge is 0.394 e. The summed E-state index contributed by atoms with van der Waals surface area (Å²) in [5.41, 5.74) is 1.25. The quantitative estimate of drug-likeness (QED) is 0.713. The van der Waals surface area contributed by atoms with Crippen molar-refractivity contribution in [1.29, 1.82) is 0 Å². The SMILES string of the molecule is COc1ccc(NC(=O)C(=O)O)cc1C. The lowest BCUT2D eigenvalue weighted by atomic mass is 10.2. The van der Waals surface area contributed by atoms with Crippen LogP contribution in [0.5, 0.6) is 5.75 Å². The van der Waals surface area contributed by atoms with E-state index in [4.69, 9.17) is 9.84 Å². The minimum atomic E-state index is -1.51. The number of hydrogen-bond acceptors (Lipinski definition) is 3. The zero-order valence-electron chi connectivity index (χ0n) is 8.40. The predicted octanol–water partition coefficient (Wildman–Crippen LogP) is 1.03. The number of amides is 1. The maximum absolute atomic E-state index is 10.8. The van der Waals surface area contributed by atoms with E-state index < -0.39 is 11.9 Å². The number of aryl methyl sites for hydroxylation is 1. The number of rotatable bonds is 2. The highest BCUT2D eigenvalue weighted by atomic mass is 16.5. The first-order chi connectivity index (χ1) is 7.04. The number of carboxylic acids is 1. The molecule has 5 heteroatoms. The summed E-state index contributed by atoms with van der Waals surface area (Å²) >= 11 is 0. The van der Waals surface area contributed by atoms with Gasteiger partial charge in [0, 0.05) is 5.69 Å². The third kappa shape index (κ3) is 2.70. The van der Waals surface area contributed by atoms with Crippen LogP contribution in [0.15, 0.2) is 18.2 Å². The number of nitrogens with one attached hydrogen (secondary N) is 1. The summed E-state index contributed by atoms with van der Waals surface area (Å²) in [6, 6.07) is 4.87. The first kappa shape index (κ1) is 11.0. The molecule has 1 aromatic carbocycles. The highest BCUT2D eigenvalue weighted by Crippen LogP contribution is 2.21. The number of anilines is 1. The molecule has 80 valence electrons. The molecule has 0 radical (unpaired) electrons. The van der Waals surface area contributed by atoms with Gasteiger partial charge in [0.05, 0.1) is 7.11 Å². The molecule has 0 atom stereocenters. The van der Waals surface area contributed by atoms with E-state index in [1.165, 1.54) is 7.11 Å². The lowest BCUT2D eigenvalue weighted by Gasteiger charge is -2.07. The van der Waals surface area contributed by atoms with Gasteiger partial charge < -0.3 is 15.2 Å². The highest BCUT2D eigenvalue weighted by Gasteiger charge is 2.11. The molecule has 0 aromatic heterocycles. The zero-order valence-corrected chi connectivity index (χ0v) is 8.40. The van der Waals surface area contributed by atoms with Crippen LogP contribution in [0.25, 0.3) is 0 Å². The molecule has 0 fully saturated rings. The molecule has 0 aliphatic carbocycles. The number of hydrogen-bond donors (Lipinski definition) is 2.